The number of amides is 1. The Morgan fingerprint density at radius 3 is 2.82 bits per heavy atom. The molecule has 1 heterocycles. The molecule has 1 N–H and O–H groups in total. The zero-order valence-electron chi connectivity index (χ0n) is 12.6. The van der Waals surface area contributed by atoms with E-state index >= 15 is 0 Å². The van der Waals surface area contributed by atoms with Crippen LogP contribution in [-0.4, -0.2) is 52.9 Å². The second-order valence-electron chi connectivity index (χ2n) is 5.31. The van der Waals surface area contributed by atoms with Crippen molar-refractivity contribution in [1.29, 1.82) is 0 Å². The van der Waals surface area contributed by atoms with E-state index in [1.807, 2.05) is 37.3 Å². The fraction of sp³-hybridized carbons (Fsp3) is 0.500. The molecule has 1 aliphatic rings. The molecule has 5 nitrogen and oxygen atoms in total. The number of thioether (sulfide) groups is 1. The number of carboxylic acids is 1. The fourth-order valence-electron chi connectivity index (χ4n) is 2.36. The van der Waals surface area contributed by atoms with Crippen molar-refractivity contribution in [3.05, 3.63) is 35.9 Å². The summed E-state index contributed by atoms with van der Waals surface area (Å²) in [5, 5.41) is 8.67. The highest BCUT2D eigenvalue weighted by Gasteiger charge is 2.28. The second kappa shape index (κ2) is 8.19. The molecule has 0 bridgehead atoms. The third-order valence-corrected chi connectivity index (χ3v) is 4.74. The number of hydrogen-bond donors (Lipinski definition) is 1. The summed E-state index contributed by atoms with van der Waals surface area (Å²) < 4.78 is 5.40. The van der Waals surface area contributed by atoms with E-state index in [-0.39, 0.29) is 17.6 Å². The lowest BCUT2D eigenvalue weighted by molar-refractivity contribution is -0.147. The van der Waals surface area contributed by atoms with Crippen LogP contribution < -0.4 is 0 Å². The number of ether oxygens (including phenoxy) is 1. The summed E-state index contributed by atoms with van der Waals surface area (Å²) in [5.41, 5.74) is 1.19. The van der Waals surface area contributed by atoms with Gasteiger partial charge in [-0.05, 0) is 12.5 Å². The van der Waals surface area contributed by atoms with Gasteiger partial charge in [0.05, 0.1) is 24.4 Å². The van der Waals surface area contributed by atoms with Crippen LogP contribution in [0.15, 0.2) is 30.3 Å². The maximum atomic E-state index is 12.5. The van der Waals surface area contributed by atoms with Gasteiger partial charge >= 0.3 is 5.97 Å². The van der Waals surface area contributed by atoms with Crippen LogP contribution >= 0.6 is 11.8 Å². The predicted octanol–water partition coefficient (Wildman–Crippen LogP) is 2.01. The molecular formula is C16H21NO4S. The first-order valence-corrected chi connectivity index (χ1v) is 8.39. The van der Waals surface area contributed by atoms with Crippen LogP contribution in [0.5, 0.6) is 0 Å². The lowest BCUT2D eigenvalue weighted by Gasteiger charge is -2.33. The number of benzene rings is 1. The molecule has 1 aromatic rings. The largest absolute Gasteiger partial charge is 0.481 e. The second-order valence-corrected chi connectivity index (χ2v) is 6.64. The Morgan fingerprint density at radius 1 is 1.41 bits per heavy atom. The monoisotopic (exact) mass is 323 g/mol. The first kappa shape index (κ1) is 16.8. The topological polar surface area (TPSA) is 66.8 Å². The van der Waals surface area contributed by atoms with Crippen LogP contribution in [0, 0.1) is 0 Å². The Kier molecular flexibility index (Phi) is 6.27. The van der Waals surface area contributed by atoms with E-state index in [1.165, 1.54) is 5.56 Å². The van der Waals surface area contributed by atoms with Gasteiger partial charge in [-0.3, -0.25) is 9.59 Å². The summed E-state index contributed by atoms with van der Waals surface area (Å²) in [5.74, 6) is -0.0539. The highest BCUT2D eigenvalue weighted by atomic mass is 32.2. The lowest BCUT2D eigenvalue weighted by atomic mass is 10.2. The number of nitrogens with zero attached hydrogens (tertiary/aromatic N) is 1. The minimum Gasteiger partial charge on any atom is -0.481 e. The van der Waals surface area contributed by atoms with Gasteiger partial charge in [0.1, 0.15) is 0 Å². The summed E-state index contributed by atoms with van der Waals surface area (Å²) in [4.78, 5) is 24.9. The number of carbonyl (C=O) groups is 2. The van der Waals surface area contributed by atoms with E-state index in [0.717, 1.165) is 5.75 Å². The fourth-order valence-corrected chi connectivity index (χ4v) is 3.29. The minimum atomic E-state index is -0.897. The lowest BCUT2D eigenvalue weighted by Crippen LogP contribution is -2.48. The molecule has 0 saturated carbocycles. The molecule has 22 heavy (non-hydrogen) atoms. The van der Waals surface area contributed by atoms with Gasteiger partial charge in [0.2, 0.25) is 5.91 Å². The summed E-state index contributed by atoms with van der Waals surface area (Å²) in [6, 6.07) is 10.0. The maximum absolute atomic E-state index is 12.5. The highest BCUT2D eigenvalue weighted by molar-refractivity contribution is 7.99. The van der Waals surface area contributed by atoms with Crippen molar-refractivity contribution in [1.82, 2.24) is 4.90 Å². The van der Waals surface area contributed by atoms with Gasteiger partial charge in [-0.15, -0.1) is 11.8 Å². The number of carbonyl (C=O) groups excluding carboxylic acids is 1. The molecule has 0 aromatic heterocycles. The van der Waals surface area contributed by atoms with Crippen LogP contribution in [0.3, 0.4) is 0 Å². The average Bonchev–Trinajstić information content (AvgIpc) is 2.52. The average molecular weight is 323 g/mol. The van der Waals surface area contributed by atoms with E-state index < -0.39 is 12.1 Å². The van der Waals surface area contributed by atoms with Crippen molar-refractivity contribution < 1.29 is 19.4 Å². The van der Waals surface area contributed by atoms with E-state index in [9.17, 15) is 9.59 Å². The van der Waals surface area contributed by atoms with Crippen molar-refractivity contribution >= 4 is 23.6 Å². The first-order chi connectivity index (χ1) is 10.6. The number of rotatable bonds is 6. The van der Waals surface area contributed by atoms with Crippen LogP contribution in [0.4, 0.5) is 0 Å². The van der Waals surface area contributed by atoms with Crippen LogP contribution in [0.2, 0.25) is 0 Å². The summed E-state index contributed by atoms with van der Waals surface area (Å²) in [6.45, 7) is 3.20. The molecule has 0 radical (unpaired) electrons. The Bertz CT molecular complexity index is 508. The minimum absolute atomic E-state index is 0.0552. The third-order valence-electron chi connectivity index (χ3n) is 3.54. The van der Waals surface area contributed by atoms with Crippen molar-refractivity contribution in [2.75, 3.05) is 19.7 Å². The summed E-state index contributed by atoms with van der Waals surface area (Å²) >= 11 is 1.60. The van der Waals surface area contributed by atoms with E-state index in [2.05, 4.69) is 0 Å². The maximum Gasteiger partial charge on any atom is 0.306 e. The van der Waals surface area contributed by atoms with Gasteiger partial charge < -0.3 is 14.7 Å². The van der Waals surface area contributed by atoms with Gasteiger partial charge in [-0.2, -0.15) is 0 Å². The quantitative estimate of drug-likeness (QED) is 0.867. The molecule has 2 unspecified atom stereocenters. The zero-order valence-corrected chi connectivity index (χ0v) is 13.4. The zero-order chi connectivity index (χ0) is 15.9. The van der Waals surface area contributed by atoms with Crippen molar-refractivity contribution in [3.8, 4) is 0 Å². The smallest absolute Gasteiger partial charge is 0.306 e. The molecule has 2 rings (SSSR count). The molecular weight excluding hydrogens is 302 g/mol. The normalized spacial score (nSPS) is 19.7. The Hall–Kier alpha value is -1.53. The number of aliphatic carboxylic acids is 1. The molecule has 0 spiro atoms. The summed E-state index contributed by atoms with van der Waals surface area (Å²) in [7, 11) is 0. The van der Waals surface area contributed by atoms with Gasteiger partial charge in [0, 0.05) is 18.8 Å². The van der Waals surface area contributed by atoms with Gasteiger partial charge in [0.15, 0.2) is 0 Å². The molecule has 0 aliphatic carbocycles. The molecule has 1 aliphatic heterocycles. The molecule has 1 aromatic carbocycles. The molecule has 120 valence electrons. The van der Waals surface area contributed by atoms with Crippen molar-refractivity contribution in [2.45, 2.75) is 30.5 Å². The third kappa shape index (κ3) is 5.03. The Labute approximate surface area is 134 Å². The van der Waals surface area contributed by atoms with Gasteiger partial charge in [-0.1, -0.05) is 30.3 Å². The SMILES string of the molecule is CC(SCc1ccccc1)C(=O)N1CCOC(CC(=O)O)C1. The van der Waals surface area contributed by atoms with Crippen LogP contribution in [0.1, 0.15) is 18.9 Å². The van der Waals surface area contributed by atoms with Gasteiger partial charge in [-0.25, -0.2) is 0 Å². The molecule has 1 saturated heterocycles. The predicted molar refractivity (Wildman–Crippen MR) is 85.8 cm³/mol. The molecule has 1 fully saturated rings. The number of hydrogen-bond acceptors (Lipinski definition) is 4. The standard InChI is InChI=1S/C16H21NO4S/c1-12(22-11-13-5-3-2-4-6-13)16(20)17-7-8-21-14(10-17)9-15(18)19/h2-6,12,14H,7-11H2,1H3,(H,18,19). The van der Waals surface area contributed by atoms with E-state index in [4.69, 9.17) is 9.84 Å². The molecule has 6 heteroatoms. The molecule has 2 atom stereocenters. The van der Waals surface area contributed by atoms with E-state index in [0.29, 0.717) is 19.7 Å². The van der Waals surface area contributed by atoms with Crippen LogP contribution in [-0.2, 0) is 20.1 Å². The van der Waals surface area contributed by atoms with Crippen LogP contribution in [0.25, 0.3) is 0 Å². The Balaban J connectivity index is 1.83. The van der Waals surface area contributed by atoms with Crippen molar-refractivity contribution in [2.24, 2.45) is 0 Å². The first-order valence-electron chi connectivity index (χ1n) is 7.34. The van der Waals surface area contributed by atoms with Gasteiger partial charge in [0.25, 0.3) is 0 Å². The molecule has 1 amide bonds. The Morgan fingerprint density at radius 2 is 2.14 bits per heavy atom. The summed E-state index contributed by atoms with van der Waals surface area (Å²) in [6.07, 6.45) is -0.462. The van der Waals surface area contributed by atoms with E-state index in [1.54, 1.807) is 16.7 Å². The number of morpholine rings is 1. The van der Waals surface area contributed by atoms with Crippen molar-refractivity contribution in [3.63, 3.8) is 0 Å². The highest BCUT2D eigenvalue weighted by Crippen LogP contribution is 2.20. The number of carboxylic acid groups (broad SMARTS) is 1.